The zero-order valence-corrected chi connectivity index (χ0v) is 14.4. The Balaban J connectivity index is 2.10. The number of nitrogens with one attached hydrogen (secondary N) is 1. The molecular formula is C16H19BrN2O4. The van der Waals surface area contributed by atoms with Gasteiger partial charge in [0.2, 0.25) is 11.8 Å². The number of benzene rings is 1. The maximum atomic E-state index is 12.4. The van der Waals surface area contributed by atoms with E-state index in [-0.39, 0.29) is 24.7 Å². The fourth-order valence-corrected chi connectivity index (χ4v) is 3.02. The Morgan fingerprint density at radius 2 is 2.22 bits per heavy atom. The van der Waals surface area contributed by atoms with Gasteiger partial charge in [0.15, 0.2) is 0 Å². The SMILES string of the molecule is CN1CCC(C(=O)NC(CC(=O)O)c2cccc(Br)c2)CC1=O. The van der Waals surface area contributed by atoms with Crippen molar-refractivity contribution in [1.82, 2.24) is 10.2 Å². The number of halogens is 1. The van der Waals surface area contributed by atoms with Crippen molar-refractivity contribution in [2.45, 2.75) is 25.3 Å². The molecule has 23 heavy (non-hydrogen) atoms. The van der Waals surface area contributed by atoms with Crippen LogP contribution in [0.25, 0.3) is 0 Å². The number of carbonyl (C=O) groups excluding carboxylic acids is 2. The minimum atomic E-state index is -0.991. The van der Waals surface area contributed by atoms with Crippen LogP contribution < -0.4 is 5.32 Å². The van der Waals surface area contributed by atoms with Crippen LogP contribution in [0.5, 0.6) is 0 Å². The predicted molar refractivity (Wildman–Crippen MR) is 87.6 cm³/mol. The average molecular weight is 383 g/mol. The second-order valence-corrected chi connectivity index (χ2v) is 6.63. The summed E-state index contributed by atoms with van der Waals surface area (Å²) in [5, 5.41) is 11.9. The molecule has 2 atom stereocenters. The Morgan fingerprint density at radius 3 is 2.83 bits per heavy atom. The van der Waals surface area contributed by atoms with Crippen molar-refractivity contribution >= 4 is 33.7 Å². The van der Waals surface area contributed by atoms with Crippen molar-refractivity contribution < 1.29 is 19.5 Å². The lowest BCUT2D eigenvalue weighted by Crippen LogP contribution is -2.43. The van der Waals surface area contributed by atoms with Crippen molar-refractivity contribution in [2.75, 3.05) is 13.6 Å². The van der Waals surface area contributed by atoms with Crippen LogP contribution >= 0.6 is 15.9 Å². The molecule has 2 amide bonds. The monoisotopic (exact) mass is 382 g/mol. The Hall–Kier alpha value is -1.89. The number of rotatable bonds is 5. The molecule has 1 aromatic carbocycles. The van der Waals surface area contributed by atoms with E-state index in [0.29, 0.717) is 13.0 Å². The third kappa shape index (κ3) is 4.79. The molecule has 0 aliphatic carbocycles. The van der Waals surface area contributed by atoms with Gasteiger partial charge in [-0.2, -0.15) is 0 Å². The van der Waals surface area contributed by atoms with Crippen LogP contribution in [-0.2, 0) is 14.4 Å². The average Bonchev–Trinajstić information content (AvgIpc) is 2.48. The maximum absolute atomic E-state index is 12.4. The number of carbonyl (C=O) groups is 3. The van der Waals surface area contributed by atoms with Crippen LogP contribution in [0.2, 0.25) is 0 Å². The number of hydrogen-bond donors (Lipinski definition) is 2. The summed E-state index contributed by atoms with van der Waals surface area (Å²) in [4.78, 5) is 36.8. The molecule has 0 bridgehead atoms. The molecule has 2 rings (SSSR count). The first-order valence-electron chi connectivity index (χ1n) is 7.38. The molecule has 1 aliphatic rings. The van der Waals surface area contributed by atoms with Crippen molar-refractivity contribution in [3.8, 4) is 0 Å². The molecule has 0 spiro atoms. The summed E-state index contributed by atoms with van der Waals surface area (Å²) in [6.45, 7) is 0.539. The van der Waals surface area contributed by atoms with Crippen molar-refractivity contribution in [2.24, 2.45) is 5.92 Å². The van der Waals surface area contributed by atoms with Crippen molar-refractivity contribution in [3.05, 3.63) is 34.3 Å². The van der Waals surface area contributed by atoms with Gasteiger partial charge in [0.25, 0.3) is 0 Å². The number of amides is 2. The summed E-state index contributed by atoms with van der Waals surface area (Å²) in [7, 11) is 1.71. The Labute approximate surface area is 143 Å². The molecule has 124 valence electrons. The summed E-state index contributed by atoms with van der Waals surface area (Å²) < 4.78 is 0.814. The molecule has 1 aromatic rings. The highest BCUT2D eigenvalue weighted by Crippen LogP contribution is 2.23. The van der Waals surface area contributed by atoms with Crippen molar-refractivity contribution in [1.29, 1.82) is 0 Å². The minimum Gasteiger partial charge on any atom is -0.481 e. The van der Waals surface area contributed by atoms with Gasteiger partial charge in [-0.3, -0.25) is 14.4 Å². The summed E-state index contributed by atoms with van der Waals surface area (Å²) in [6.07, 6.45) is 0.551. The Morgan fingerprint density at radius 1 is 1.48 bits per heavy atom. The van der Waals surface area contributed by atoms with E-state index in [1.54, 1.807) is 30.1 Å². The quantitative estimate of drug-likeness (QED) is 0.814. The molecule has 1 heterocycles. The molecule has 7 heteroatoms. The van der Waals surface area contributed by atoms with Crippen LogP contribution in [0.3, 0.4) is 0 Å². The number of hydrogen-bond acceptors (Lipinski definition) is 3. The van der Waals surface area contributed by atoms with E-state index in [4.69, 9.17) is 5.11 Å². The highest BCUT2D eigenvalue weighted by molar-refractivity contribution is 9.10. The summed E-state index contributed by atoms with van der Waals surface area (Å²) in [5.41, 5.74) is 0.717. The van der Waals surface area contributed by atoms with E-state index in [1.807, 2.05) is 6.07 Å². The van der Waals surface area contributed by atoms with Crippen LogP contribution in [0, 0.1) is 5.92 Å². The number of carboxylic acids is 1. The van der Waals surface area contributed by atoms with Crippen molar-refractivity contribution in [3.63, 3.8) is 0 Å². The smallest absolute Gasteiger partial charge is 0.305 e. The second kappa shape index (κ2) is 7.59. The topological polar surface area (TPSA) is 86.7 Å². The highest BCUT2D eigenvalue weighted by atomic mass is 79.9. The largest absolute Gasteiger partial charge is 0.481 e. The molecule has 0 radical (unpaired) electrons. The lowest BCUT2D eigenvalue weighted by Gasteiger charge is -2.29. The van der Waals surface area contributed by atoms with E-state index in [9.17, 15) is 14.4 Å². The molecule has 1 saturated heterocycles. The molecule has 1 fully saturated rings. The van der Waals surface area contributed by atoms with Gasteiger partial charge in [0, 0.05) is 30.4 Å². The van der Waals surface area contributed by atoms with E-state index in [2.05, 4.69) is 21.2 Å². The van der Waals surface area contributed by atoms with Crippen LogP contribution in [0.4, 0.5) is 0 Å². The number of likely N-dealkylation sites (tertiary alicyclic amines) is 1. The molecule has 6 nitrogen and oxygen atoms in total. The normalized spacial score (nSPS) is 19.3. The van der Waals surface area contributed by atoms with Gasteiger partial charge in [-0.15, -0.1) is 0 Å². The van der Waals surface area contributed by atoms with Gasteiger partial charge in [-0.05, 0) is 24.1 Å². The molecule has 2 N–H and O–H groups in total. The number of carboxylic acid groups (broad SMARTS) is 1. The number of nitrogens with zero attached hydrogens (tertiary/aromatic N) is 1. The first-order valence-corrected chi connectivity index (χ1v) is 8.17. The van der Waals surface area contributed by atoms with E-state index >= 15 is 0 Å². The molecule has 2 unspecified atom stereocenters. The van der Waals surface area contributed by atoms with E-state index in [0.717, 1.165) is 10.0 Å². The Kier molecular flexibility index (Phi) is 5.76. The molecule has 0 saturated carbocycles. The van der Waals surface area contributed by atoms with E-state index in [1.165, 1.54) is 0 Å². The van der Waals surface area contributed by atoms with Crippen LogP contribution in [0.1, 0.15) is 30.9 Å². The van der Waals surface area contributed by atoms with Gasteiger partial charge in [0.05, 0.1) is 12.5 Å². The highest BCUT2D eigenvalue weighted by Gasteiger charge is 2.30. The minimum absolute atomic E-state index is 0.0614. The lowest BCUT2D eigenvalue weighted by atomic mass is 9.94. The first-order chi connectivity index (χ1) is 10.9. The first kappa shape index (κ1) is 17.5. The van der Waals surface area contributed by atoms with Crippen LogP contribution in [0.15, 0.2) is 28.7 Å². The summed E-state index contributed by atoms with van der Waals surface area (Å²) in [6, 6.07) is 6.57. The van der Waals surface area contributed by atoms with Gasteiger partial charge in [-0.25, -0.2) is 0 Å². The lowest BCUT2D eigenvalue weighted by molar-refractivity contribution is -0.140. The summed E-state index contributed by atoms with van der Waals surface area (Å²) in [5.74, 6) is -1.72. The zero-order chi connectivity index (χ0) is 17.0. The molecular weight excluding hydrogens is 364 g/mol. The summed E-state index contributed by atoms with van der Waals surface area (Å²) >= 11 is 3.34. The molecule has 0 aromatic heterocycles. The third-order valence-corrected chi connectivity index (χ3v) is 4.47. The van der Waals surface area contributed by atoms with Gasteiger partial charge < -0.3 is 15.3 Å². The molecule has 1 aliphatic heterocycles. The van der Waals surface area contributed by atoms with Gasteiger partial charge in [-0.1, -0.05) is 28.1 Å². The van der Waals surface area contributed by atoms with Gasteiger partial charge >= 0.3 is 5.97 Å². The zero-order valence-electron chi connectivity index (χ0n) is 12.8. The predicted octanol–water partition coefficient (Wildman–Crippen LogP) is 1.95. The Bertz CT molecular complexity index is 620. The van der Waals surface area contributed by atoms with Crippen LogP contribution in [-0.4, -0.2) is 41.4 Å². The fourth-order valence-electron chi connectivity index (χ4n) is 2.61. The third-order valence-electron chi connectivity index (χ3n) is 3.98. The second-order valence-electron chi connectivity index (χ2n) is 5.72. The maximum Gasteiger partial charge on any atom is 0.305 e. The number of piperidine rings is 1. The number of aliphatic carboxylic acids is 1. The van der Waals surface area contributed by atoms with E-state index < -0.39 is 17.9 Å². The fraction of sp³-hybridized carbons (Fsp3) is 0.438. The van der Waals surface area contributed by atoms with Gasteiger partial charge in [0.1, 0.15) is 0 Å². The standard InChI is InChI=1S/C16H19BrN2O4/c1-19-6-5-11(8-14(19)20)16(23)18-13(9-15(21)22)10-3-2-4-12(17)7-10/h2-4,7,11,13H,5-6,8-9H2,1H3,(H,18,23)(H,21,22).